The van der Waals surface area contributed by atoms with Crippen LogP contribution in [-0.2, 0) is 7.05 Å². The van der Waals surface area contributed by atoms with Crippen LogP contribution >= 0.6 is 11.3 Å². The molecule has 0 saturated carbocycles. The van der Waals surface area contributed by atoms with E-state index in [9.17, 15) is 9.59 Å². The van der Waals surface area contributed by atoms with Gasteiger partial charge in [0.25, 0.3) is 11.5 Å². The molecule has 0 bridgehead atoms. The molecule has 3 aromatic rings. The first-order valence-corrected chi connectivity index (χ1v) is 8.77. The maximum Gasteiger partial charge on any atom is 0.259 e. The summed E-state index contributed by atoms with van der Waals surface area (Å²) in [5.74, 6) is 0.542. The number of carbonyl (C=O) groups excluding carboxylic acids is 1. The highest BCUT2D eigenvalue weighted by Gasteiger charge is 2.21. The first-order chi connectivity index (χ1) is 11.9. The maximum atomic E-state index is 12.8. The molecule has 0 spiro atoms. The molecule has 1 N–H and O–H groups in total. The number of rotatable bonds is 4. The number of benzene rings is 1. The highest BCUT2D eigenvalue weighted by molar-refractivity contribution is 7.19. The van der Waals surface area contributed by atoms with E-state index in [4.69, 9.17) is 4.74 Å². The van der Waals surface area contributed by atoms with Gasteiger partial charge in [0.2, 0.25) is 0 Å². The molecular weight excluding hydrogens is 336 g/mol. The van der Waals surface area contributed by atoms with Gasteiger partial charge in [-0.05, 0) is 37.6 Å². The van der Waals surface area contributed by atoms with Crippen molar-refractivity contribution in [3.63, 3.8) is 0 Å². The van der Waals surface area contributed by atoms with Crippen molar-refractivity contribution in [3.8, 4) is 5.75 Å². The number of amides is 1. The number of ether oxygens (including phenoxy) is 1. The fourth-order valence-electron chi connectivity index (χ4n) is 2.84. The summed E-state index contributed by atoms with van der Waals surface area (Å²) in [5, 5.41) is 3.49. The number of aryl methyl sites for hydroxylation is 2. The number of nitrogens with zero attached hydrogens (tertiary/aromatic N) is 1. The average Bonchev–Trinajstić information content (AvgIpc) is 2.95. The van der Waals surface area contributed by atoms with E-state index in [-0.39, 0.29) is 17.5 Å². The van der Waals surface area contributed by atoms with E-state index in [0.29, 0.717) is 10.9 Å². The minimum absolute atomic E-state index is 0.149. The van der Waals surface area contributed by atoms with E-state index in [1.807, 2.05) is 44.2 Å². The number of methoxy groups -OCH3 is 1. The lowest BCUT2D eigenvalue weighted by Gasteiger charge is -2.15. The zero-order valence-electron chi connectivity index (χ0n) is 14.6. The number of hydrogen-bond donors (Lipinski definition) is 1. The van der Waals surface area contributed by atoms with E-state index in [1.165, 1.54) is 15.9 Å². The van der Waals surface area contributed by atoms with Gasteiger partial charge in [0.1, 0.15) is 5.75 Å². The van der Waals surface area contributed by atoms with Crippen LogP contribution in [0.25, 0.3) is 10.1 Å². The Balaban J connectivity index is 1.93. The normalized spacial score (nSPS) is 12.2. The Kier molecular flexibility index (Phi) is 4.63. The molecule has 0 aliphatic rings. The van der Waals surface area contributed by atoms with Crippen molar-refractivity contribution in [3.05, 3.63) is 62.9 Å². The second-order valence-electron chi connectivity index (χ2n) is 5.97. The second-order valence-corrected chi connectivity index (χ2v) is 7.23. The van der Waals surface area contributed by atoms with Crippen LogP contribution in [0.15, 0.2) is 41.3 Å². The largest absolute Gasteiger partial charge is 0.497 e. The molecule has 0 fully saturated rings. The standard InChI is InChI=1S/C19H20N2O3S/c1-11(13-5-7-14(24-4)8-6-13)20-18(22)16-12(2)25-15-9-10-21(3)19(23)17(15)16/h5-11H,1-4H3,(H,20,22). The molecule has 0 aliphatic carbocycles. The monoisotopic (exact) mass is 356 g/mol. The summed E-state index contributed by atoms with van der Waals surface area (Å²) in [5.41, 5.74) is 1.30. The lowest BCUT2D eigenvalue weighted by molar-refractivity contribution is 0.0941. The maximum absolute atomic E-state index is 12.8. The Morgan fingerprint density at radius 3 is 2.56 bits per heavy atom. The van der Waals surface area contributed by atoms with Gasteiger partial charge in [0.15, 0.2) is 0 Å². The quantitative estimate of drug-likeness (QED) is 0.779. The number of fused-ring (bicyclic) bond motifs is 1. The van der Waals surface area contributed by atoms with E-state index in [1.54, 1.807) is 20.4 Å². The fourth-order valence-corrected chi connectivity index (χ4v) is 3.88. The molecule has 1 aromatic carbocycles. The molecule has 1 amide bonds. The summed E-state index contributed by atoms with van der Waals surface area (Å²) in [6.07, 6.45) is 1.72. The van der Waals surface area contributed by atoms with Gasteiger partial charge in [0.05, 0.1) is 24.1 Å². The average molecular weight is 356 g/mol. The first-order valence-electron chi connectivity index (χ1n) is 7.96. The van der Waals surface area contributed by atoms with E-state index in [2.05, 4.69) is 5.32 Å². The highest BCUT2D eigenvalue weighted by atomic mass is 32.1. The molecule has 6 heteroatoms. The zero-order valence-corrected chi connectivity index (χ0v) is 15.4. The van der Waals surface area contributed by atoms with Crippen molar-refractivity contribution in [2.24, 2.45) is 7.05 Å². The van der Waals surface area contributed by atoms with Crippen LogP contribution in [0.1, 0.15) is 33.8 Å². The summed E-state index contributed by atoms with van der Waals surface area (Å²) in [7, 11) is 3.31. The van der Waals surface area contributed by atoms with Crippen molar-refractivity contribution in [2.45, 2.75) is 19.9 Å². The van der Waals surface area contributed by atoms with Crippen molar-refractivity contribution in [1.29, 1.82) is 0 Å². The molecule has 130 valence electrons. The lowest BCUT2D eigenvalue weighted by atomic mass is 10.1. The Bertz CT molecular complexity index is 986. The van der Waals surface area contributed by atoms with Crippen LogP contribution in [0.3, 0.4) is 0 Å². The summed E-state index contributed by atoms with van der Waals surface area (Å²) < 4.78 is 7.49. The van der Waals surface area contributed by atoms with Crippen LogP contribution in [0, 0.1) is 6.92 Å². The van der Waals surface area contributed by atoms with Gasteiger partial charge in [-0.15, -0.1) is 11.3 Å². The minimum Gasteiger partial charge on any atom is -0.497 e. The number of aromatic nitrogens is 1. The van der Waals surface area contributed by atoms with Crippen LogP contribution in [-0.4, -0.2) is 17.6 Å². The predicted octanol–water partition coefficient (Wildman–Crippen LogP) is 3.41. The number of hydrogen-bond acceptors (Lipinski definition) is 4. The zero-order chi connectivity index (χ0) is 18.1. The van der Waals surface area contributed by atoms with Crippen molar-refractivity contribution < 1.29 is 9.53 Å². The summed E-state index contributed by atoms with van der Waals surface area (Å²) >= 11 is 1.47. The van der Waals surface area contributed by atoms with Gasteiger partial charge < -0.3 is 14.6 Å². The number of nitrogens with one attached hydrogen (secondary N) is 1. The number of carbonyl (C=O) groups is 1. The summed E-state index contributed by atoms with van der Waals surface area (Å²) in [6, 6.07) is 9.25. The molecule has 25 heavy (non-hydrogen) atoms. The number of thiophene rings is 1. The molecule has 3 rings (SSSR count). The summed E-state index contributed by atoms with van der Waals surface area (Å²) in [6.45, 7) is 3.79. The number of pyridine rings is 1. The molecular formula is C19H20N2O3S. The van der Waals surface area contributed by atoms with Crippen molar-refractivity contribution >= 4 is 27.3 Å². The molecule has 2 aromatic heterocycles. The van der Waals surface area contributed by atoms with E-state index < -0.39 is 0 Å². The smallest absolute Gasteiger partial charge is 0.259 e. The van der Waals surface area contributed by atoms with Crippen molar-refractivity contribution in [2.75, 3.05) is 7.11 Å². The first kappa shape index (κ1) is 17.2. The molecule has 1 unspecified atom stereocenters. The van der Waals surface area contributed by atoms with Crippen LogP contribution in [0.2, 0.25) is 0 Å². The molecule has 5 nitrogen and oxygen atoms in total. The minimum atomic E-state index is -0.227. The Labute approximate surface area is 149 Å². The third-order valence-corrected chi connectivity index (χ3v) is 5.36. The Morgan fingerprint density at radius 2 is 1.92 bits per heavy atom. The molecule has 1 atom stereocenters. The van der Waals surface area contributed by atoms with Gasteiger partial charge in [-0.25, -0.2) is 0 Å². The topological polar surface area (TPSA) is 60.3 Å². The molecule has 0 saturated heterocycles. The van der Waals surface area contributed by atoms with Crippen LogP contribution in [0.4, 0.5) is 0 Å². The second kappa shape index (κ2) is 6.72. The Hall–Kier alpha value is -2.60. The molecule has 0 radical (unpaired) electrons. The highest BCUT2D eigenvalue weighted by Crippen LogP contribution is 2.29. The SMILES string of the molecule is COc1ccc(C(C)NC(=O)c2c(C)sc3ccn(C)c(=O)c23)cc1. The lowest BCUT2D eigenvalue weighted by Crippen LogP contribution is -2.28. The van der Waals surface area contributed by atoms with Gasteiger partial charge in [0, 0.05) is 22.8 Å². The van der Waals surface area contributed by atoms with E-state index >= 15 is 0 Å². The predicted molar refractivity (Wildman–Crippen MR) is 101 cm³/mol. The van der Waals surface area contributed by atoms with Crippen LogP contribution in [0.5, 0.6) is 5.75 Å². The van der Waals surface area contributed by atoms with Gasteiger partial charge in [-0.2, -0.15) is 0 Å². The van der Waals surface area contributed by atoms with E-state index in [0.717, 1.165) is 20.9 Å². The van der Waals surface area contributed by atoms with Crippen LogP contribution < -0.4 is 15.6 Å². The van der Waals surface area contributed by atoms with Gasteiger partial charge in [-0.3, -0.25) is 9.59 Å². The van der Waals surface area contributed by atoms with Crippen molar-refractivity contribution in [1.82, 2.24) is 9.88 Å². The van der Waals surface area contributed by atoms with Gasteiger partial charge in [-0.1, -0.05) is 12.1 Å². The molecule has 2 heterocycles. The summed E-state index contributed by atoms with van der Waals surface area (Å²) in [4.78, 5) is 26.1. The van der Waals surface area contributed by atoms with Gasteiger partial charge >= 0.3 is 0 Å². The molecule has 0 aliphatic heterocycles. The Morgan fingerprint density at radius 1 is 1.24 bits per heavy atom. The third-order valence-electron chi connectivity index (χ3n) is 4.29. The third kappa shape index (κ3) is 3.17. The fraction of sp³-hybridized carbons (Fsp3) is 0.263.